The van der Waals surface area contributed by atoms with Crippen molar-refractivity contribution in [3.8, 4) is 11.4 Å². The topological polar surface area (TPSA) is 56.7 Å². The van der Waals surface area contributed by atoms with Crippen LogP contribution in [0.2, 0.25) is 5.02 Å². The minimum Gasteiger partial charge on any atom is -0.324 e. The Hall–Kier alpha value is -0.910. The zero-order chi connectivity index (χ0) is 14.0. The fraction of sp³-hybridized carbons (Fsp3) is 0.385. The van der Waals surface area contributed by atoms with Crippen molar-refractivity contribution < 1.29 is 0 Å². The molecular weight excluding hydrogens is 328 g/mol. The Morgan fingerprint density at radius 2 is 2.11 bits per heavy atom. The van der Waals surface area contributed by atoms with Crippen LogP contribution >= 0.6 is 27.5 Å². The summed E-state index contributed by atoms with van der Waals surface area (Å²) in [7, 11) is 0. The summed E-state index contributed by atoms with van der Waals surface area (Å²) < 4.78 is 2.89. The molecule has 0 aliphatic rings. The fourth-order valence-electron chi connectivity index (χ4n) is 1.92. The van der Waals surface area contributed by atoms with Crippen LogP contribution in [0.25, 0.3) is 11.4 Å². The predicted octanol–water partition coefficient (Wildman–Crippen LogP) is 3.48. The molecule has 0 spiro atoms. The van der Waals surface area contributed by atoms with Crippen molar-refractivity contribution >= 4 is 27.5 Å². The summed E-state index contributed by atoms with van der Waals surface area (Å²) in [5, 5.41) is 9.03. The van der Waals surface area contributed by atoms with Gasteiger partial charge in [-0.05, 0) is 34.0 Å². The largest absolute Gasteiger partial charge is 0.324 e. The summed E-state index contributed by atoms with van der Waals surface area (Å²) >= 11 is 9.76. The molecule has 2 N–H and O–H groups in total. The normalized spacial score (nSPS) is 11.3. The van der Waals surface area contributed by atoms with E-state index in [0.717, 1.165) is 28.2 Å². The molecule has 0 atom stereocenters. The lowest BCUT2D eigenvalue weighted by atomic mass is 10.2. The molecule has 0 unspecified atom stereocenters. The van der Waals surface area contributed by atoms with Gasteiger partial charge >= 0.3 is 0 Å². The van der Waals surface area contributed by atoms with Gasteiger partial charge in [0.15, 0.2) is 5.82 Å². The van der Waals surface area contributed by atoms with E-state index in [-0.39, 0.29) is 0 Å². The third-order valence-corrected chi connectivity index (χ3v) is 4.05. The second kappa shape index (κ2) is 6.03. The number of nitrogens with two attached hydrogens (primary N) is 1. The molecule has 0 aliphatic carbocycles. The number of hydrogen-bond donors (Lipinski definition) is 1. The second-order valence-corrected chi connectivity index (χ2v) is 5.98. The van der Waals surface area contributed by atoms with Gasteiger partial charge in [0.05, 0.1) is 11.6 Å². The second-order valence-electron chi connectivity index (χ2n) is 4.75. The van der Waals surface area contributed by atoms with E-state index < -0.39 is 0 Å². The molecule has 2 rings (SSSR count). The highest BCUT2D eigenvalue weighted by Crippen LogP contribution is 2.33. The first-order valence-corrected chi connectivity index (χ1v) is 7.28. The van der Waals surface area contributed by atoms with Gasteiger partial charge in [0.2, 0.25) is 0 Å². The highest BCUT2D eigenvalue weighted by molar-refractivity contribution is 9.10. The Morgan fingerprint density at radius 1 is 1.37 bits per heavy atom. The van der Waals surface area contributed by atoms with E-state index in [1.807, 2.05) is 22.8 Å². The van der Waals surface area contributed by atoms with E-state index in [0.29, 0.717) is 17.5 Å². The van der Waals surface area contributed by atoms with Crippen LogP contribution in [0, 0.1) is 5.92 Å². The van der Waals surface area contributed by atoms with Crippen molar-refractivity contribution in [2.24, 2.45) is 11.7 Å². The molecule has 0 saturated carbocycles. The molecule has 0 saturated heterocycles. The third-order valence-electron chi connectivity index (χ3n) is 2.75. The zero-order valence-electron chi connectivity index (χ0n) is 10.9. The molecule has 6 heteroatoms. The SMILES string of the molecule is CC(C)Cn1c(CN)nnc1-c1cccc(Br)c1Cl. The summed E-state index contributed by atoms with van der Waals surface area (Å²) in [5.41, 5.74) is 6.58. The van der Waals surface area contributed by atoms with E-state index in [9.17, 15) is 0 Å². The molecule has 19 heavy (non-hydrogen) atoms. The quantitative estimate of drug-likeness (QED) is 0.924. The molecule has 0 amide bonds. The van der Waals surface area contributed by atoms with Crippen LogP contribution in [0.4, 0.5) is 0 Å². The zero-order valence-corrected chi connectivity index (χ0v) is 13.2. The van der Waals surface area contributed by atoms with Crippen molar-refractivity contribution in [2.75, 3.05) is 0 Å². The van der Waals surface area contributed by atoms with E-state index >= 15 is 0 Å². The Bertz CT molecular complexity index is 580. The molecule has 0 radical (unpaired) electrons. The van der Waals surface area contributed by atoms with E-state index in [2.05, 4.69) is 40.0 Å². The monoisotopic (exact) mass is 342 g/mol. The van der Waals surface area contributed by atoms with Gasteiger partial charge in [-0.3, -0.25) is 0 Å². The molecule has 4 nitrogen and oxygen atoms in total. The maximum atomic E-state index is 6.33. The Kier molecular flexibility index (Phi) is 4.60. The maximum absolute atomic E-state index is 6.33. The lowest BCUT2D eigenvalue weighted by molar-refractivity contribution is 0.510. The van der Waals surface area contributed by atoms with E-state index in [4.69, 9.17) is 17.3 Å². The lowest BCUT2D eigenvalue weighted by Crippen LogP contribution is -2.13. The molecule has 1 heterocycles. The van der Waals surface area contributed by atoms with Crippen molar-refractivity contribution in [3.63, 3.8) is 0 Å². The molecule has 0 aliphatic heterocycles. The number of benzene rings is 1. The Balaban J connectivity index is 2.55. The van der Waals surface area contributed by atoms with Crippen LogP contribution in [-0.4, -0.2) is 14.8 Å². The van der Waals surface area contributed by atoms with Crippen molar-refractivity contribution in [1.29, 1.82) is 0 Å². The molecule has 1 aromatic carbocycles. The van der Waals surface area contributed by atoms with E-state index in [1.54, 1.807) is 0 Å². The molecule has 0 fully saturated rings. The van der Waals surface area contributed by atoms with Crippen LogP contribution in [0.5, 0.6) is 0 Å². The molecule has 102 valence electrons. The van der Waals surface area contributed by atoms with Gasteiger partial charge in [-0.2, -0.15) is 0 Å². The highest BCUT2D eigenvalue weighted by atomic mass is 79.9. The minimum absolute atomic E-state index is 0.366. The van der Waals surface area contributed by atoms with Crippen molar-refractivity contribution in [3.05, 3.63) is 33.5 Å². The van der Waals surface area contributed by atoms with Gasteiger partial charge in [0.25, 0.3) is 0 Å². The lowest BCUT2D eigenvalue weighted by Gasteiger charge is -2.13. The van der Waals surface area contributed by atoms with Crippen LogP contribution in [0.1, 0.15) is 19.7 Å². The number of hydrogen-bond acceptors (Lipinski definition) is 3. The molecular formula is C13H16BrClN4. The number of aromatic nitrogens is 3. The first-order chi connectivity index (χ1) is 9.04. The maximum Gasteiger partial charge on any atom is 0.165 e. The van der Waals surface area contributed by atoms with Crippen LogP contribution in [0.3, 0.4) is 0 Å². The van der Waals surface area contributed by atoms with Gasteiger partial charge in [-0.1, -0.05) is 31.5 Å². The summed E-state index contributed by atoms with van der Waals surface area (Å²) in [6.45, 7) is 5.47. The van der Waals surface area contributed by atoms with Crippen molar-refractivity contribution in [1.82, 2.24) is 14.8 Å². The highest BCUT2D eigenvalue weighted by Gasteiger charge is 2.17. The first-order valence-electron chi connectivity index (χ1n) is 6.11. The first kappa shape index (κ1) is 14.5. The van der Waals surface area contributed by atoms with Gasteiger partial charge in [0.1, 0.15) is 5.82 Å². The standard InChI is InChI=1S/C13H16BrClN4/c1-8(2)7-19-11(6-16)17-18-13(19)9-4-3-5-10(14)12(9)15/h3-5,8H,6-7,16H2,1-2H3. The average molecular weight is 344 g/mol. The van der Waals surface area contributed by atoms with Crippen LogP contribution < -0.4 is 5.73 Å². The molecule has 0 bridgehead atoms. The van der Waals surface area contributed by atoms with E-state index in [1.165, 1.54) is 0 Å². The summed E-state index contributed by atoms with van der Waals surface area (Å²) in [6.07, 6.45) is 0. The molecule has 2 aromatic rings. The number of nitrogens with zero attached hydrogens (tertiary/aromatic N) is 3. The predicted molar refractivity (Wildman–Crippen MR) is 80.9 cm³/mol. The Labute approximate surface area is 126 Å². The van der Waals surface area contributed by atoms with Gasteiger partial charge in [0, 0.05) is 16.6 Å². The van der Waals surface area contributed by atoms with Gasteiger partial charge in [-0.15, -0.1) is 10.2 Å². The van der Waals surface area contributed by atoms with Crippen LogP contribution in [0.15, 0.2) is 22.7 Å². The van der Waals surface area contributed by atoms with Crippen LogP contribution in [-0.2, 0) is 13.1 Å². The third kappa shape index (κ3) is 2.99. The number of halogens is 2. The average Bonchev–Trinajstić information content (AvgIpc) is 2.75. The summed E-state index contributed by atoms with van der Waals surface area (Å²) in [4.78, 5) is 0. The van der Waals surface area contributed by atoms with Crippen molar-refractivity contribution in [2.45, 2.75) is 26.9 Å². The smallest absolute Gasteiger partial charge is 0.165 e. The molecule has 1 aromatic heterocycles. The fourth-order valence-corrected chi connectivity index (χ4v) is 2.50. The summed E-state index contributed by atoms with van der Waals surface area (Å²) in [5.74, 6) is 2.02. The van der Waals surface area contributed by atoms with Gasteiger partial charge < -0.3 is 10.3 Å². The van der Waals surface area contributed by atoms with Gasteiger partial charge in [-0.25, -0.2) is 0 Å². The summed E-state index contributed by atoms with van der Waals surface area (Å²) in [6, 6.07) is 5.77. The Morgan fingerprint density at radius 3 is 2.74 bits per heavy atom. The number of rotatable bonds is 4. The minimum atomic E-state index is 0.366.